The summed E-state index contributed by atoms with van der Waals surface area (Å²) >= 11 is 0. The third kappa shape index (κ3) is 12.0. The highest BCUT2D eigenvalue weighted by Crippen LogP contribution is 2.64. The number of rotatable bonds is 13. The van der Waals surface area contributed by atoms with Crippen LogP contribution in [0.5, 0.6) is 11.5 Å². The number of carbonyl (C=O) groups is 4. The largest absolute Gasteiger partial charge is 0.479 e. The molecule has 8 aromatic carbocycles. The highest BCUT2D eigenvalue weighted by atomic mass is 16.5. The van der Waals surface area contributed by atoms with Crippen molar-refractivity contribution >= 4 is 56.9 Å². The number of anilines is 2. The number of ether oxygens (including phenoxy) is 4. The SMILES string of the molecule is CC(C)[C@@H]1NC(=O)[C@@H](N)Cc2ccc3c(c2)[C@]24c5cccc(c5NC2O3)-c2cccc3[nH]cc(c23)-c2cnc(o2)-c2nc1oc24.CC(C)[C@H](OCc1ccccc1)C(=O)N[C@H]1Cc2ccc3c(c2)[C@]24c5cccc(c5NC2O3)-c2cccc3[nH]cc(c23)-c2cnc(o2)-c2nc(oc24)[C@H](C(C)C)NC1=O.CC(C)[C@H](OCc1ccccc1)C(=O)O. The third-order valence-corrected chi connectivity index (χ3v) is 24.3. The maximum Gasteiger partial charge on any atom is 0.333 e. The van der Waals surface area contributed by atoms with Crippen molar-refractivity contribution in [3.05, 3.63) is 262 Å². The number of nitrogens with zero attached hydrogens (tertiary/aromatic N) is 4. The Bertz CT molecular complexity index is 6390. The Kier molecular flexibility index (Phi) is 18.0. The second-order valence-corrected chi connectivity index (χ2v) is 33.2. The van der Waals surface area contributed by atoms with Crippen LogP contribution >= 0.6 is 0 Å². The number of hydrogen-bond donors (Lipinski definition) is 9. The van der Waals surface area contributed by atoms with Crippen LogP contribution in [0.1, 0.15) is 135 Å². The summed E-state index contributed by atoms with van der Waals surface area (Å²) in [5.41, 5.74) is 22.5. The number of aromatic nitrogens is 6. The minimum atomic E-state index is -1.06. The summed E-state index contributed by atoms with van der Waals surface area (Å²) in [5, 5.41) is 28.0. The molecule has 14 heterocycles. The van der Waals surface area contributed by atoms with Gasteiger partial charge in [0.25, 0.3) is 0 Å². The van der Waals surface area contributed by atoms with Crippen molar-refractivity contribution in [3.63, 3.8) is 0 Å². The normalized spacial score (nSPS) is 21.1. The average molecular weight is 1590 g/mol. The number of H-pyrrole nitrogens is 2. The summed E-state index contributed by atoms with van der Waals surface area (Å²) in [6.07, 6.45) is 5.22. The van der Waals surface area contributed by atoms with E-state index < -0.39 is 65.6 Å². The maximum absolute atomic E-state index is 14.6. The van der Waals surface area contributed by atoms with Crippen LogP contribution in [0.3, 0.4) is 0 Å². The van der Waals surface area contributed by atoms with Crippen LogP contribution in [-0.4, -0.2) is 95.4 Å². The number of nitrogens with one attached hydrogen (secondary N) is 7. The van der Waals surface area contributed by atoms with Gasteiger partial charge < -0.3 is 84.0 Å². The Labute approximate surface area is 683 Å². The number of carbonyl (C=O) groups excluding carboxylic acids is 3. The first-order chi connectivity index (χ1) is 57.7. The Morgan fingerprint density at radius 1 is 0.513 bits per heavy atom. The second kappa shape index (κ2) is 28.8. The predicted molar refractivity (Wildman–Crippen MR) is 444 cm³/mol. The van der Waals surface area contributed by atoms with Crippen molar-refractivity contribution in [2.24, 2.45) is 29.4 Å². The van der Waals surface area contributed by atoms with Crippen LogP contribution in [0.4, 0.5) is 11.4 Å². The van der Waals surface area contributed by atoms with Crippen molar-refractivity contribution in [1.82, 2.24) is 45.9 Å². The molecule has 0 aliphatic carbocycles. The van der Waals surface area contributed by atoms with E-state index in [9.17, 15) is 19.2 Å². The molecule has 0 saturated carbocycles. The minimum Gasteiger partial charge on any atom is -0.479 e. The predicted octanol–water partition coefficient (Wildman–Crippen LogP) is 16.0. The molecular weight excluding hydrogens is 1510 g/mol. The van der Waals surface area contributed by atoms with Gasteiger partial charge in [0, 0.05) is 96.5 Å². The standard InChI is InChI=1S/C47H42N6O6.C35H28N6O4.C12H16O3/c1-23(2)37-45-52-39-41(59-45)47-30-14-8-13-28(27-12-9-15-32-36(27)29(20-48-32)35-21-49-44(39)57-35)38(30)53-46(47)58-34-17-16-26(18-31(34)47)19-33(42(54)51-37)50-43(55)40(24(3)4)56-22-25-10-6-5-7-11-25;1-15(2)27-33-40-29-30(45-33)35-20-7-3-6-18(17-5-4-8-23-26(17)19(13-37-23)25-14-38-32(29)43-25)28(20)41-34(35)44-24-10-9-16(11-21(24)35)12-22(36)31(42)39-27;1-9(2)11(12(13)14)15-8-10-6-4-3-5-7-10/h5-18,20-21,23-24,33,37,40,46,48,53H,19,22H2,1-4H3,(H,50,55)(H,51,54);3-11,13-15,22,27,34,37,41H,12,36H2,1-2H3,(H,39,42);3-7,9,11H,8H2,1-2H3,(H,13,14)/t33-,37-,40-,46?,47-;22-,27-,34?,35-;11-/m000/s1. The van der Waals surface area contributed by atoms with Gasteiger partial charge in [-0.25, -0.2) is 24.7 Å². The smallest absolute Gasteiger partial charge is 0.333 e. The highest BCUT2D eigenvalue weighted by Gasteiger charge is 2.64. The van der Waals surface area contributed by atoms with Crippen LogP contribution < -0.4 is 41.8 Å². The Morgan fingerprint density at radius 2 is 0.966 bits per heavy atom. The summed E-state index contributed by atoms with van der Waals surface area (Å²) in [6.45, 7) is 16.2. The molecule has 600 valence electrons. The van der Waals surface area contributed by atoms with Crippen LogP contribution in [-0.2, 0) is 65.5 Å². The van der Waals surface area contributed by atoms with E-state index in [2.05, 4.69) is 115 Å². The molecule has 0 fully saturated rings. The molecule has 0 radical (unpaired) electrons. The van der Waals surface area contributed by atoms with Gasteiger partial charge in [0.05, 0.1) is 31.6 Å². The molecule has 14 aromatic rings. The molecule has 8 aliphatic heterocycles. The number of amides is 3. The molecule has 0 saturated heterocycles. The first kappa shape index (κ1) is 74.5. The van der Waals surface area contributed by atoms with Gasteiger partial charge in [-0.15, -0.1) is 0 Å². The number of carboxylic acid groups (broad SMARTS) is 1. The molecule has 10 N–H and O–H groups in total. The molecule has 8 aliphatic rings. The Hall–Kier alpha value is -13.4. The average Bonchev–Trinajstić information content (AvgIpc) is 1.52. The lowest BCUT2D eigenvalue weighted by atomic mass is 9.72. The zero-order chi connectivity index (χ0) is 81.6. The lowest BCUT2D eigenvalue weighted by Crippen LogP contribution is -2.53. The van der Waals surface area contributed by atoms with Crippen LogP contribution in [0, 0.1) is 23.7 Å². The van der Waals surface area contributed by atoms with Crippen LogP contribution in [0.15, 0.2) is 212 Å². The van der Waals surface area contributed by atoms with E-state index in [1.807, 2.05) is 159 Å². The fraction of sp³-hybridized carbons (Fsp3) is 0.277. The number of carboxylic acids is 1. The third-order valence-electron chi connectivity index (χ3n) is 24.3. The molecule has 2 spiro atoms. The highest BCUT2D eigenvalue weighted by molar-refractivity contribution is 6.09. The topological polar surface area (TPSA) is 347 Å². The van der Waals surface area contributed by atoms with E-state index in [1.165, 1.54) is 0 Å². The zero-order valence-corrected chi connectivity index (χ0v) is 66.4. The molecular formula is C94H86N12O13. The lowest BCUT2D eigenvalue weighted by Gasteiger charge is -2.29. The van der Waals surface area contributed by atoms with Gasteiger partial charge in [0.2, 0.25) is 41.3 Å². The number of benzene rings is 8. The monoisotopic (exact) mass is 1590 g/mol. The molecule has 2 unspecified atom stereocenters. The second-order valence-electron chi connectivity index (χ2n) is 33.2. The van der Waals surface area contributed by atoms with E-state index in [-0.39, 0.29) is 60.3 Å². The summed E-state index contributed by atoms with van der Waals surface area (Å²) in [6, 6.07) is 53.5. The number of nitrogens with two attached hydrogens (primary N) is 1. The van der Waals surface area contributed by atoms with Gasteiger partial charge in [-0.05, 0) is 87.7 Å². The van der Waals surface area contributed by atoms with Gasteiger partial charge in [-0.2, -0.15) is 0 Å². The van der Waals surface area contributed by atoms with Crippen molar-refractivity contribution in [2.45, 2.75) is 141 Å². The fourth-order valence-corrected chi connectivity index (χ4v) is 18.5. The van der Waals surface area contributed by atoms with Gasteiger partial charge in [-0.1, -0.05) is 201 Å². The van der Waals surface area contributed by atoms with Gasteiger partial charge >= 0.3 is 5.97 Å². The molecule has 119 heavy (non-hydrogen) atoms. The summed E-state index contributed by atoms with van der Waals surface area (Å²) in [5.74, 6) is 2.59. The Balaban J connectivity index is 0.000000133. The van der Waals surface area contributed by atoms with Crippen molar-refractivity contribution in [1.29, 1.82) is 0 Å². The molecule has 25 heteroatoms. The molecule has 10 atom stereocenters. The quantitative estimate of drug-likeness (QED) is 0.0518. The van der Waals surface area contributed by atoms with E-state index in [1.54, 1.807) is 12.4 Å². The minimum absolute atomic E-state index is 0.0220. The van der Waals surface area contributed by atoms with Gasteiger partial charge in [0.1, 0.15) is 46.6 Å². The van der Waals surface area contributed by atoms with Crippen molar-refractivity contribution < 1.29 is 60.9 Å². The maximum atomic E-state index is 14.6. The van der Waals surface area contributed by atoms with E-state index in [0.29, 0.717) is 70.9 Å². The number of oxazole rings is 4. The summed E-state index contributed by atoms with van der Waals surface area (Å²) < 4.78 is 52.4. The molecule has 22 rings (SSSR count). The number of para-hydroxylation sites is 2. The van der Waals surface area contributed by atoms with Gasteiger partial charge in [-0.3, -0.25) is 14.4 Å². The van der Waals surface area contributed by atoms with E-state index in [4.69, 9.17) is 67.4 Å². The number of hydrogen-bond acceptors (Lipinski definition) is 19. The van der Waals surface area contributed by atoms with Crippen molar-refractivity contribution in [2.75, 3.05) is 10.6 Å². The van der Waals surface area contributed by atoms with E-state index in [0.717, 1.165) is 117 Å². The molecule has 25 nitrogen and oxygen atoms in total. The first-order valence-electron chi connectivity index (χ1n) is 40.5. The first-order valence-corrected chi connectivity index (χ1v) is 40.5. The molecule has 20 bridgehead atoms. The summed E-state index contributed by atoms with van der Waals surface area (Å²) in [7, 11) is 0. The fourth-order valence-electron chi connectivity index (χ4n) is 18.5. The molecule has 3 amide bonds. The van der Waals surface area contributed by atoms with E-state index >= 15 is 0 Å². The zero-order valence-electron chi connectivity index (χ0n) is 66.4. The summed E-state index contributed by atoms with van der Waals surface area (Å²) in [4.78, 5) is 79.6. The van der Waals surface area contributed by atoms with Crippen LogP contribution in [0.25, 0.3) is 89.9 Å². The number of aromatic amines is 2. The van der Waals surface area contributed by atoms with Crippen LogP contribution in [0.2, 0.25) is 0 Å². The lowest BCUT2D eigenvalue weighted by molar-refractivity contribution is -0.154. The number of aliphatic carboxylic acids is 1. The van der Waals surface area contributed by atoms with Gasteiger partial charge in [0.15, 0.2) is 53.0 Å². The molecule has 6 aromatic heterocycles. The number of fused-ring (bicyclic) bond motifs is 14. The Morgan fingerprint density at radius 3 is 1.44 bits per heavy atom. The van der Waals surface area contributed by atoms with Crippen molar-refractivity contribution in [3.8, 4) is 79.6 Å².